The number of hydrogen-bond acceptors (Lipinski definition) is 3. The molecular weight excluding hydrogens is 962 g/mol. The maximum absolute atomic E-state index is 12.3. The SMILES string of the molecule is [2H]C([2H])([2H])c1ccc(-c2ccnc(-c3[c-]c(-c4cccc5c4nc(-c4cc6c(cc4O)C(C)(C)CCC6(C)C)n5-c4ccc(C(C)(C)C)cc4-c4ccccc4)cc(C(C)(C)C)c3)c2)cc1.[Pt]. The summed E-state index contributed by atoms with van der Waals surface area (Å²) in [6.07, 6.45) is 3.89. The molecule has 328 valence electrons. The van der Waals surface area contributed by atoms with E-state index in [1.54, 1.807) is 18.3 Å². The van der Waals surface area contributed by atoms with Gasteiger partial charge in [-0.2, -0.15) is 0 Å². The van der Waals surface area contributed by atoms with Gasteiger partial charge in [-0.1, -0.05) is 165 Å². The maximum atomic E-state index is 12.3. The van der Waals surface area contributed by atoms with E-state index in [0.717, 1.165) is 79.8 Å². The second-order valence-corrected chi connectivity index (χ2v) is 20.9. The Morgan fingerprint density at radius 2 is 1.30 bits per heavy atom. The molecule has 0 amide bonds. The second-order valence-electron chi connectivity index (χ2n) is 20.9. The van der Waals surface area contributed by atoms with Crippen LogP contribution in [0.25, 0.3) is 72.7 Å². The summed E-state index contributed by atoms with van der Waals surface area (Å²) in [5.41, 5.74) is 15.4. The number of imidazole rings is 1. The summed E-state index contributed by atoms with van der Waals surface area (Å²) in [6, 6.07) is 47.2. The first kappa shape index (κ1) is 41.2. The number of phenols is 1. The molecule has 8 aromatic rings. The van der Waals surface area contributed by atoms with Crippen molar-refractivity contribution in [2.45, 2.75) is 111 Å². The van der Waals surface area contributed by atoms with E-state index in [1.807, 2.05) is 30.3 Å². The minimum Gasteiger partial charge on any atom is -0.507 e. The number of benzene rings is 6. The van der Waals surface area contributed by atoms with Crippen LogP contribution in [-0.4, -0.2) is 19.6 Å². The van der Waals surface area contributed by atoms with Gasteiger partial charge in [-0.05, 0) is 111 Å². The van der Waals surface area contributed by atoms with Gasteiger partial charge >= 0.3 is 0 Å². The molecule has 0 saturated carbocycles. The minimum atomic E-state index is -2.17. The summed E-state index contributed by atoms with van der Waals surface area (Å²) in [6.45, 7) is 20.4. The summed E-state index contributed by atoms with van der Waals surface area (Å²) in [5, 5.41) is 12.3. The number of fused-ring (bicyclic) bond motifs is 2. The van der Waals surface area contributed by atoms with Crippen LogP contribution < -0.4 is 0 Å². The summed E-state index contributed by atoms with van der Waals surface area (Å²) in [4.78, 5) is 10.5. The Bertz CT molecular complexity index is 3150. The third kappa shape index (κ3) is 8.31. The quantitative estimate of drug-likeness (QED) is 0.169. The number of phenolic OH excluding ortho intramolecular Hbond substituents is 1. The van der Waals surface area contributed by atoms with E-state index in [1.165, 1.54) is 16.7 Å². The molecule has 64 heavy (non-hydrogen) atoms. The van der Waals surface area contributed by atoms with Gasteiger partial charge in [0.05, 0.1) is 22.3 Å². The molecule has 9 rings (SSSR count). The summed E-state index contributed by atoms with van der Waals surface area (Å²) in [5.74, 6) is 0.886. The fraction of sp³-hybridized carbons (Fsp3) is 0.288. The predicted molar refractivity (Wildman–Crippen MR) is 264 cm³/mol. The van der Waals surface area contributed by atoms with E-state index >= 15 is 0 Å². The first-order chi connectivity index (χ1) is 31.0. The molecule has 0 aliphatic heterocycles. The van der Waals surface area contributed by atoms with Crippen LogP contribution >= 0.6 is 0 Å². The van der Waals surface area contributed by atoms with Crippen LogP contribution in [0.1, 0.15) is 114 Å². The van der Waals surface area contributed by atoms with Crippen LogP contribution in [0.4, 0.5) is 0 Å². The molecule has 1 N–H and O–H groups in total. The van der Waals surface area contributed by atoms with Crippen LogP contribution in [0.5, 0.6) is 5.75 Å². The van der Waals surface area contributed by atoms with Gasteiger partial charge in [-0.25, -0.2) is 4.98 Å². The summed E-state index contributed by atoms with van der Waals surface area (Å²) in [7, 11) is 0. The van der Waals surface area contributed by atoms with Gasteiger partial charge in [0.25, 0.3) is 0 Å². The molecule has 0 radical (unpaired) electrons. The standard InChI is InChI=1S/C59H60N3O.Pt/c1-37-20-22-38(23-21-37)40-26-29-60-50(33-40)42-30-41(31-44(32-42)57(5,6)7)45-18-15-19-52-54(45)61-55(47-35-48-49(36-53(47)63)59(10,11)28-27-58(48,8)9)62(52)51-25-24-43(56(2,3)4)34-46(51)39-16-13-12-14-17-39;/h12-26,29,31-36,63H,27-28H2,1-11H3;/q-1;/i1D3;. The topological polar surface area (TPSA) is 50.9 Å². The first-order valence-electron chi connectivity index (χ1n) is 23.8. The Morgan fingerprint density at radius 3 is 1.97 bits per heavy atom. The van der Waals surface area contributed by atoms with Gasteiger partial charge in [0.1, 0.15) is 11.6 Å². The fourth-order valence-electron chi connectivity index (χ4n) is 9.28. The van der Waals surface area contributed by atoms with Crippen molar-refractivity contribution in [1.29, 1.82) is 0 Å². The van der Waals surface area contributed by atoms with Crippen LogP contribution in [0, 0.1) is 12.9 Å². The van der Waals surface area contributed by atoms with Crippen molar-refractivity contribution in [2.75, 3.05) is 0 Å². The number of aromatic hydroxyl groups is 1. The van der Waals surface area contributed by atoms with Gasteiger partial charge in [0, 0.05) is 42.6 Å². The Labute approximate surface area is 399 Å². The minimum absolute atomic E-state index is 0. The third-order valence-electron chi connectivity index (χ3n) is 13.4. The molecule has 0 fully saturated rings. The smallest absolute Gasteiger partial charge is 0.148 e. The first-order valence-corrected chi connectivity index (χ1v) is 22.3. The number of rotatable bonds is 6. The Morgan fingerprint density at radius 1 is 0.625 bits per heavy atom. The number of pyridine rings is 1. The van der Waals surface area contributed by atoms with E-state index < -0.39 is 6.85 Å². The van der Waals surface area contributed by atoms with E-state index in [2.05, 4.69) is 165 Å². The Hall–Kier alpha value is -5.57. The third-order valence-corrected chi connectivity index (χ3v) is 13.4. The largest absolute Gasteiger partial charge is 0.507 e. The zero-order valence-corrected chi connectivity index (χ0v) is 41.0. The van der Waals surface area contributed by atoms with Crippen molar-refractivity contribution in [3.05, 3.63) is 167 Å². The molecule has 0 spiro atoms. The van der Waals surface area contributed by atoms with Gasteiger partial charge in [-0.15, -0.1) is 29.3 Å². The molecule has 0 bridgehead atoms. The predicted octanol–water partition coefficient (Wildman–Crippen LogP) is 15.5. The average molecular weight is 1030 g/mol. The van der Waals surface area contributed by atoms with Crippen LogP contribution in [0.3, 0.4) is 0 Å². The fourth-order valence-corrected chi connectivity index (χ4v) is 9.28. The monoisotopic (exact) mass is 1020 g/mol. The normalized spacial score (nSPS) is 15.4. The molecule has 0 unspecified atom stereocenters. The number of para-hydroxylation sites is 1. The van der Waals surface area contributed by atoms with Crippen LogP contribution in [-0.2, 0) is 42.7 Å². The molecule has 2 aromatic heterocycles. The molecule has 0 saturated heterocycles. The van der Waals surface area contributed by atoms with E-state index in [-0.39, 0.29) is 48.5 Å². The summed E-state index contributed by atoms with van der Waals surface area (Å²) < 4.78 is 25.8. The second kappa shape index (κ2) is 16.5. The van der Waals surface area contributed by atoms with Gasteiger partial charge < -0.3 is 5.11 Å². The number of aryl methyl sites for hydroxylation is 1. The van der Waals surface area contributed by atoms with Gasteiger partial charge in [0.2, 0.25) is 0 Å². The van der Waals surface area contributed by atoms with Crippen LogP contribution in [0.2, 0.25) is 0 Å². The number of hydrogen-bond donors (Lipinski definition) is 1. The van der Waals surface area contributed by atoms with Gasteiger partial charge in [-0.3, -0.25) is 9.55 Å². The Balaban J connectivity index is 0.00000608. The molecule has 1 aliphatic carbocycles. The van der Waals surface area contributed by atoms with Crippen molar-refractivity contribution < 1.29 is 30.3 Å². The van der Waals surface area contributed by atoms with E-state index in [0.29, 0.717) is 17.0 Å². The molecule has 4 nitrogen and oxygen atoms in total. The zero-order chi connectivity index (χ0) is 47.1. The number of aromatic nitrogens is 3. The molecule has 1 aliphatic rings. The van der Waals surface area contributed by atoms with E-state index in [4.69, 9.17) is 14.1 Å². The maximum Gasteiger partial charge on any atom is 0.148 e. The molecule has 5 heteroatoms. The molecule has 6 aromatic carbocycles. The average Bonchev–Trinajstić information content (AvgIpc) is 3.66. The number of nitrogens with zero attached hydrogens (tertiary/aromatic N) is 3. The van der Waals surface area contributed by atoms with Crippen molar-refractivity contribution in [3.8, 4) is 67.5 Å². The molecule has 2 heterocycles. The van der Waals surface area contributed by atoms with Crippen molar-refractivity contribution in [1.82, 2.24) is 14.5 Å². The molecule has 0 atom stereocenters. The van der Waals surface area contributed by atoms with Crippen molar-refractivity contribution in [2.24, 2.45) is 0 Å². The Kier molecular flexibility index (Phi) is 10.6. The van der Waals surface area contributed by atoms with Gasteiger partial charge in [0.15, 0.2) is 0 Å². The summed E-state index contributed by atoms with van der Waals surface area (Å²) >= 11 is 0. The van der Waals surface area contributed by atoms with Crippen molar-refractivity contribution in [3.63, 3.8) is 0 Å². The zero-order valence-electron chi connectivity index (χ0n) is 41.7. The van der Waals surface area contributed by atoms with Crippen molar-refractivity contribution >= 4 is 11.0 Å². The van der Waals surface area contributed by atoms with Crippen LogP contribution in [0.15, 0.2) is 134 Å². The molecular formula is C59H60N3OPt-. The van der Waals surface area contributed by atoms with E-state index in [9.17, 15) is 5.11 Å².